The zero-order chi connectivity index (χ0) is 25.4. The number of anilines is 1. The van der Waals surface area contributed by atoms with Crippen molar-refractivity contribution in [3.63, 3.8) is 0 Å². The number of carbonyl (C=O) groups is 1. The van der Waals surface area contributed by atoms with Gasteiger partial charge < -0.3 is 21.1 Å². The summed E-state index contributed by atoms with van der Waals surface area (Å²) >= 11 is 0. The van der Waals surface area contributed by atoms with Crippen LogP contribution in [-0.2, 0) is 5.54 Å². The van der Waals surface area contributed by atoms with Gasteiger partial charge in [0.2, 0.25) is 5.91 Å². The lowest BCUT2D eigenvalue weighted by Crippen LogP contribution is -2.30. The van der Waals surface area contributed by atoms with Gasteiger partial charge in [-0.05, 0) is 57.7 Å². The van der Waals surface area contributed by atoms with E-state index in [4.69, 9.17) is 10.5 Å². The highest BCUT2D eigenvalue weighted by molar-refractivity contribution is 5.95. The molecule has 1 aromatic heterocycles. The van der Waals surface area contributed by atoms with Crippen molar-refractivity contribution >= 4 is 11.7 Å². The van der Waals surface area contributed by atoms with Crippen molar-refractivity contribution < 1.29 is 13.9 Å². The van der Waals surface area contributed by atoms with E-state index in [-0.39, 0.29) is 23.0 Å². The minimum Gasteiger partial charge on any atom is -0.492 e. The van der Waals surface area contributed by atoms with Crippen molar-refractivity contribution in [2.45, 2.75) is 44.1 Å². The Morgan fingerprint density at radius 1 is 1.31 bits per heavy atom. The smallest absolute Gasteiger partial charge is 0.297 e. The molecular weight excluding hydrogens is 461 g/mol. The van der Waals surface area contributed by atoms with E-state index in [2.05, 4.69) is 15.6 Å². The number of amides is 1. The fourth-order valence-corrected chi connectivity index (χ4v) is 4.73. The van der Waals surface area contributed by atoms with Gasteiger partial charge in [0.15, 0.2) is 5.82 Å². The third-order valence-corrected chi connectivity index (χ3v) is 6.99. The van der Waals surface area contributed by atoms with Crippen LogP contribution in [-0.4, -0.2) is 35.7 Å². The number of aromatic nitrogens is 2. The first-order chi connectivity index (χ1) is 17.4. The van der Waals surface area contributed by atoms with Crippen molar-refractivity contribution in [1.82, 2.24) is 14.9 Å². The van der Waals surface area contributed by atoms with Gasteiger partial charge in [0.1, 0.15) is 18.2 Å². The number of ether oxygens (including phenoxy) is 1. The second kappa shape index (κ2) is 9.39. The molecule has 8 nitrogen and oxygen atoms in total. The van der Waals surface area contributed by atoms with Crippen LogP contribution in [0.3, 0.4) is 0 Å². The van der Waals surface area contributed by atoms with Crippen LogP contribution in [0.1, 0.15) is 58.6 Å². The summed E-state index contributed by atoms with van der Waals surface area (Å²) in [6, 6.07) is 9.30. The van der Waals surface area contributed by atoms with E-state index in [0.717, 1.165) is 37.0 Å². The minimum atomic E-state index is -0.704. The molecule has 2 aliphatic rings. The summed E-state index contributed by atoms with van der Waals surface area (Å²) in [5.74, 6) is -0.283. The standard InChI is InChI=1S/C27H30FN5O3/c1-16-20(15-18(24(29)34)22(23(16)28)17-7-8-17)33-13-11-31-25(26(33)35)32-27(9-10-27)19-5-3-4-6-21(19)36-14-12-30-2/h3-6,11,13,15,17,30H,7-10,12,14H2,1-2H3,(H2,29,34)(H,31,32). The predicted octanol–water partition coefficient (Wildman–Crippen LogP) is 3.36. The molecule has 188 valence electrons. The van der Waals surface area contributed by atoms with Gasteiger partial charge in [-0.25, -0.2) is 9.37 Å². The molecule has 0 unspecified atom stereocenters. The molecule has 0 spiro atoms. The highest BCUT2D eigenvalue weighted by Crippen LogP contribution is 2.51. The average molecular weight is 492 g/mol. The van der Waals surface area contributed by atoms with Gasteiger partial charge in [-0.15, -0.1) is 0 Å². The Balaban J connectivity index is 1.51. The Morgan fingerprint density at radius 2 is 2.06 bits per heavy atom. The van der Waals surface area contributed by atoms with Gasteiger partial charge in [0.05, 0.1) is 11.2 Å². The molecule has 2 fully saturated rings. The molecule has 9 heteroatoms. The van der Waals surface area contributed by atoms with Crippen molar-refractivity contribution in [3.8, 4) is 11.4 Å². The van der Waals surface area contributed by atoms with Gasteiger partial charge in [-0.2, -0.15) is 0 Å². The highest BCUT2D eigenvalue weighted by Gasteiger charge is 2.47. The number of likely N-dealkylation sites (N-methyl/N-ethyl adjacent to an activating group) is 1. The number of primary amides is 1. The summed E-state index contributed by atoms with van der Waals surface area (Å²) < 4.78 is 22.7. The van der Waals surface area contributed by atoms with Crippen LogP contribution in [0.25, 0.3) is 5.69 Å². The zero-order valence-electron chi connectivity index (χ0n) is 20.4. The van der Waals surface area contributed by atoms with E-state index in [1.807, 2.05) is 31.3 Å². The number of nitrogens with two attached hydrogens (primary N) is 1. The molecule has 3 aromatic rings. The lowest BCUT2D eigenvalue weighted by Gasteiger charge is -2.22. The molecule has 0 atom stereocenters. The van der Waals surface area contributed by atoms with Crippen molar-refractivity contribution in [3.05, 3.63) is 81.2 Å². The lowest BCUT2D eigenvalue weighted by atomic mass is 9.97. The Morgan fingerprint density at radius 3 is 2.72 bits per heavy atom. The van der Waals surface area contributed by atoms with E-state index >= 15 is 4.39 Å². The van der Waals surface area contributed by atoms with E-state index in [9.17, 15) is 9.59 Å². The molecule has 36 heavy (non-hydrogen) atoms. The van der Waals surface area contributed by atoms with Crippen LogP contribution in [0.2, 0.25) is 0 Å². The molecule has 2 saturated carbocycles. The molecule has 0 aliphatic heterocycles. The average Bonchev–Trinajstić information content (AvgIpc) is 3.79. The largest absolute Gasteiger partial charge is 0.492 e. The van der Waals surface area contributed by atoms with Gasteiger partial charge in [-0.1, -0.05) is 18.2 Å². The van der Waals surface area contributed by atoms with Crippen LogP contribution in [0.4, 0.5) is 10.2 Å². The Labute approximate surface area is 208 Å². The number of hydrogen-bond acceptors (Lipinski definition) is 6. The van der Waals surface area contributed by atoms with E-state index in [1.165, 1.54) is 23.0 Å². The van der Waals surface area contributed by atoms with Gasteiger partial charge in [0, 0.05) is 41.2 Å². The van der Waals surface area contributed by atoms with Gasteiger partial charge >= 0.3 is 0 Å². The van der Waals surface area contributed by atoms with E-state index in [1.54, 1.807) is 6.92 Å². The number of para-hydroxylation sites is 1. The maximum Gasteiger partial charge on any atom is 0.297 e. The second-order valence-corrected chi connectivity index (χ2v) is 9.54. The molecule has 0 radical (unpaired) electrons. The quantitative estimate of drug-likeness (QED) is 0.375. The minimum absolute atomic E-state index is 0.00300. The molecule has 0 bridgehead atoms. The third kappa shape index (κ3) is 4.35. The number of halogens is 1. The predicted molar refractivity (Wildman–Crippen MR) is 135 cm³/mol. The van der Waals surface area contributed by atoms with E-state index < -0.39 is 22.8 Å². The summed E-state index contributed by atoms with van der Waals surface area (Å²) in [4.78, 5) is 30.0. The molecule has 2 aliphatic carbocycles. The Bertz CT molecular complexity index is 1380. The van der Waals surface area contributed by atoms with Crippen molar-refractivity contribution in [2.75, 3.05) is 25.5 Å². The zero-order valence-corrected chi connectivity index (χ0v) is 20.4. The first kappa shape index (κ1) is 24.0. The fraction of sp³-hybridized carbons (Fsp3) is 0.370. The number of carbonyl (C=O) groups excluding carboxylic acids is 1. The Hall–Kier alpha value is -3.72. The molecule has 1 amide bonds. The van der Waals surface area contributed by atoms with Gasteiger partial charge in [-0.3, -0.25) is 14.2 Å². The number of rotatable bonds is 10. The second-order valence-electron chi connectivity index (χ2n) is 9.54. The number of nitrogens with zero attached hydrogens (tertiary/aromatic N) is 2. The van der Waals surface area contributed by atoms with Crippen LogP contribution >= 0.6 is 0 Å². The number of benzene rings is 2. The van der Waals surface area contributed by atoms with Crippen LogP contribution in [0.15, 0.2) is 47.5 Å². The summed E-state index contributed by atoms with van der Waals surface area (Å²) in [6.45, 7) is 2.84. The summed E-state index contributed by atoms with van der Waals surface area (Å²) in [6.07, 6.45) is 6.23. The molecule has 4 N–H and O–H groups in total. The van der Waals surface area contributed by atoms with E-state index in [0.29, 0.717) is 24.3 Å². The summed E-state index contributed by atoms with van der Waals surface area (Å²) in [5.41, 5.74) is 6.70. The Kier molecular flexibility index (Phi) is 6.26. The molecular formula is C27H30FN5O3. The summed E-state index contributed by atoms with van der Waals surface area (Å²) in [5, 5.41) is 6.40. The SMILES string of the molecule is CNCCOc1ccccc1C1(Nc2nccn(-c3cc(C(N)=O)c(C4CC4)c(F)c3C)c2=O)CC1. The first-order valence-electron chi connectivity index (χ1n) is 12.2. The monoisotopic (exact) mass is 491 g/mol. The molecule has 5 rings (SSSR count). The lowest BCUT2D eigenvalue weighted by molar-refractivity contribution is 0.0998. The van der Waals surface area contributed by atoms with Crippen molar-refractivity contribution in [1.29, 1.82) is 0 Å². The number of nitrogens with one attached hydrogen (secondary N) is 2. The van der Waals surface area contributed by atoms with Crippen LogP contribution in [0.5, 0.6) is 5.75 Å². The third-order valence-electron chi connectivity index (χ3n) is 6.99. The highest BCUT2D eigenvalue weighted by atomic mass is 19.1. The number of hydrogen-bond donors (Lipinski definition) is 3. The normalized spacial score (nSPS) is 16.0. The van der Waals surface area contributed by atoms with Crippen LogP contribution < -0.4 is 26.7 Å². The van der Waals surface area contributed by atoms with Gasteiger partial charge in [0.25, 0.3) is 5.56 Å². The van der Waals surface area contributed by atoms with Crippen molar-refractivity contribution in [2.24, 2.45) is 5.73 Å². The molecule has 2 aromatic carbocycles. The first-order valence-corrected chi connectivity index (χ1v) is 12.2. The topological polar surface area (TPSA) is 111 Å². The molecule has 1 heterocycles. The molecule has 0 saturated heterocycles. The fourth-order valence-electron chi connectivity index (χ4n) is 4.73. The maximum absolute atomic E-state index is 15.4. The maximum atomic E-state index is 15.4. The summed E-state index contributed by atoms with van der Waals surface area (Å²) in [7, 11) is 1.87. The van der Waals surface area contributed by atoms with Crippen LogP contribution in [0, 0.1) is 12.7 Å².